The van der Waals surface area contributed by atoms with Crippen molar-refractivity contribution in [2.45, 2.75) is 0 Å². The minimum Gasteiger partial charge on any atom is -0.497 e. The zero-order valence-corrected chi connectivity index (χ0v) is 33.5. The van der Waals surface area contributed by atoms with Gasteiger partial charge in [0, 0.05) is 33.7 Å². The topological polar surface area (TPSA) is 43.8 Å². The Kier molecular flexibility index (Phi) is 8.63. The SMILES string of the molecule is [Pd+2].[c-]1c(Oc2[c-]c3c(cc2)c2ccccc2n2c(-c4ccccc4)c(-c4ccccc4)nc32)ccc2c1c1nc(-c3ccccc3)c(-c3ccccc3)n1c1ccccc21. The van der Waals surface area contributed by atoms with Gasteiger partial charge >= 0.3 is 20.4 Å². The molecule has 4 aromatic heterocycles. The van der Waals surface area contributed by atoms with Crippen LogP contribution in [0.4, 0.5) is 0 Å². The number of fused-ring (bicyclic) bond motifs is 12. The first-order chi connectivity index (χ1) is 29.3. The molecule has 60 heavy (non-hydrogen) atoms. The van der Waals surface area contributed by atoms with E-state index in [0.29, 0.717) is 11.5 Å². The molecule has 0 N–H and O–H groups in total. The summed E-state index contributed by atoms with van der Waals surface area (Å²) >= 11 is 0. The molecule has 5 nitrogen and oxygen atoms in total. The molecule has 0 fully saturated rings. The molecule has 0 atom stereocenters. The third-order valence-electron chi connectivity index (χ3n) is 11.3. The van der Waals surface area contributed by atoms with Crippen molar-refractivity contribution in [1.82, 2.24) is 18.8 Å². The molecule has 0 aliphatic heterocycles. The zero-order chi connectivity index (χ0) is 38.9. The van der Waals surface area contributed by atoms with Gasteiger partial charge in [0.2, 0.25) is 0 Å². The summed E-state index contributed by atoms with van der Waals surface area (Å²) < 4.78 is 11.3. The van der Waals surface area contributed by atoms with E-state index in [1.165, 1.54) is 0 Å². The molecule has 0 saturated carbocycles. The molecule has 8 aromatic carbocycles. The van der Waals surface area contributed by atoms with Crippen molar-refractivity contribution in [3.05, 3.63) is 206 Å². The summed E-state index contributed by atoms with van der Waals surface area (Å²) in [4.78, 5) is 10.8. The third-order valence-corrected chi connectivity index (χ3v) is 11.3. The van der Waals surface area contributed by atoms with E-state index in [1.807, 2.05) is 36.4 Å². The summed E-state index contributed by atoms with van der Waals surface area (Å²) in [6.45, 7) is 0. The smallest absolute Gasteiger partial charge is 0.497 e. The van der Waals surface area contributed by atoms with Gasteiger partial charge in [0.1, 0.15) is 0 Å². The van der Waals surface area contributed by atoms with Crippen LogP contribution in [-0.4, -0.2) is 18.8 Å². The van der Waals surface area contributed by atoms with Gasteiger partial charge in [-0.3, -0.25) is 9.97 Å². The fourth-order valence-electron chi connectivity index (χ4n) is 8.75. The molecule has 0 saturated heterocycles. The Bertz CT molecular complexity index is 3330. The van der Waals surface area contributed by atoms with Crippen LogP contribution in [-0.2, 0) is 20.4 Å². The molecule has 0 aliphatic rings. The van der Waals surface area contributed by atoms with Crippen LogP contribution in [0.5, 0.6) is 11.5 Å². The number of imidazole rings is 2. The average Bonchev–Trinajstić information content (AvgIpc) is 3.92. The van der Waals surface area contributed by atoms with Crippen molar-refractivity contribution in [3.63, 3.8) is 0 Å². The van der Waals surface area contributed by atoms with Crippen molar-refractivity contribution >= 4 is 54.6 Å². The second-order valence-corrected chi connectivity index (χ2v) is 14.8. The number of hydrogen-bond donors (Lipinski definition) is 0. The van der Waals surface area contributed by atoms with E-state index in [0.717, 1.165) is 99.7 Å². The molecule has 12 aromatic rings. The first kappa shape index (κ1) is 35.8. The maximum atomic E-state index is 6.74. The summed E-state index contributed by atoms with van der Waals surface area (Å²) in [5.41, 5.74) is 12.0. The molecular formula is C54H32N4OPd. The molecule has 0 amide bonds. The fourth-order valence-corrected chi connectivity index (χ4v) is 8.75. The van der Waals surface area contributed by atoms with Crippen LogP contribution in [0.2, 0.25) is 0 Å². The minimum absolute atomic E-state index is 0. The number of rotatable bonds is 6. The summed E-state index contributed by atoms with van der Waals surface area (Å²) in [6, 6.07) is 74.5. The van der Waals surface area contributed by atoms with Crippen molar-refractivity contribution < 1.29 is 25.2 Å². The molecule has 0 spiro atoms. The molecule has 284 valence electrons. The molecule has 0 aliphatic carbocycles. The number of hydrogen-bond acceptors (Lipinski definition) is 3. The monoisotopic (exact) mass is 858 g/mol. The zero-order valence-electron chi connectivity index (χ0n) is 32.0. The molecule has 12 rings (SSSR count). The molecular weight excluding hydrogens is 827 g/mol. The normalized spacial score (nSPS) is 11.5. The number of pyridine rings is 2. The fraction of sp³-hybridized carbons (Fsp3) is 0. The van der Waals surface area contributed by atoms with Crippen molar-refractivity contribution in [2.75, 3.05) is 0 Å². The van der Waals surface area contributed by atoms with Gasteiger partial charge in [-0.25, -0.2) is 0 Å². The van der Waals surface area contributed by atoms with Crippen LogP contribution in [0.15, 0.2) is 194 Å². The maximum Gasteiger partial charge on any atom is 2.00 e. The maximum absolute atomic E-state index is 6.74. The van der Waals surface area contributed by atoms with Crippen LogP contribution in [0, 0.1) is 12.1 Å². The van der Waals surface area contributed by atoms with Gasteiger partial charge in [-0.2, -0.15) is 0 Å². The van der Waals surface area contributed by atoms with E-state index in [9.17, 15) is 0 Å². The van der Waals surface area contributed by atoms with E-state index in [2.05, 4.69) is 179 Å². The minimum atomic E-state index is 0. The number of ether oxygens (including phenoxy) is 1. The standard InChI is InChI=1S/C54H32N4O.Pd/c1-5-17-35(18-6-1)49-51(37-21-9-3-10-22-37)57-47-27-15-13-25-43(47)41-31-29-39(33-45(41)53(57)55-49)59-40-30-32-42-44-26-14-16-28-48(44)58-52(38-23-11-4-12-24-38)50(36-19-7-2-8-20-36)56-54(58)46(42)34-40;/h1-32H;/q-2;+2. The largest absolute Gasteiger partial charge is 2.00 e. The first-order valence-corrected chi connectivity index (χ1v) is 19.8. The second-order valence-electron chi connectivity index (χ2n) is 14.8. The van der Waals surface area contributed by atoms with Gasteiger partial charge in [0.25, 0.3) is 0 Å². The van der Waals surface area contributed by atoms with Gasteiger partial charge in [-0.05, 0) is 34.0 Å². The van der Waals surface area contributed by atoms with Crippen LogP contribution in [0.25, 0.3) is 99.7 Å². The summed E-state index contributed by atoms with van der Waals surface area (Å²) in [5, 5.41) is 6.09. The Balaban J connectivity index is 0.00000408. The Morgan fingerprint density at radius 3 is 1.10 bits per heavy atom. The van der Waals surface area contributed by atoms with Gasteiger partial charge < -0.3 is 13.5 Å². The van der Waals surface area contributed by atoms with Crippen molar-refractivity contribution in [3.8, 4) is 56.5 Å². The van der Waals surface area contributed by atoms with Gasteiger partial charge in [-0.15, -0.1) is 12.1 Å². The molecule has 0 radical (unpaired) electrons. The summed E-state index contributed by atoms with van der Waals surface area (Å²) in [5.74, 6) is 1.15. The number of nitrogens with zero attached hydrogens (tertiary/aromatic N) is 4. The van der Waals surface area contributed by atoms with Crippen molar-refractivity contribution in [2.24, 2.45) is 0 Å². The van der Waals surface area contributed by atoms with E-state index >= 15 is 0 Å². The average molecular weight is 859 g/mol. The quantitative estimate of drug-likeness (QED) is 0.0950. The van der Waals surface area contributed by atoms with E-state index in [1.54, 1.807) is 0 Å². The van der Waals surface area contributed by atoms with Crippen LogP contribution >= 0.6 is 0 Å². The van der Waals surface area contributed by atoms with Gasteiger partial charge in [-0.1, -0.05) is 204 Å². The summed E-state index contributed by atoms with van der Waals surface area (Å²) in [6.07, 6.45) is 0. The van der Waals surface area contributed by atoms with E-state index < -0.39 is 0 Å². The Morgan fingerprint density at radius 1 is 0.350 bits per heavy atom. The van der Waals surface area contributed by atoms with Gasteiger partial charge in [0.05, 0.1) is 34.1 Å². The molecule has 6 heteroatoms. The summed E-state index contributed by atoms with van der Waals surface area (Å²) in [7, 11) is 0. The number of benzene rings is 8. The van der Waals surface area contributed by atoms with Crippen LogP contribution < -0.4 is 4.74 Å². The molecule has 4 heterocycles. The Morgan fingerprint density at radius 2 is 0.700 bits per heavy atom. The van der Waals surface area contributed by atoms with E-state index in [4.69, 9.17) is 14.7 Å². The molecule has 0 bridgehead atoms. The van der Waals surface area contributed by atoms with Gasteiger partial charge in [0.15, 0.2) is 0 Å². The molecule has 0 unspecified atom stereocenters. The Hall–Kier alpha value is -7.36. The second kappa shape index (κ2) is 14.5. The predicted octanol–water partition coefficient (Wildman–Crippen LogP) is 13.7. The number of para-hydroxylation sites is 2. The predicted molar refractivity (Wildman–Crippen MR) is 240 cm³/mol. The van der Waals surface area contributed by atoms with Crippen molar-refractivity contribution in [1.29, 1.82) is 0 Å². The first-order valence-electron chi connectivity index (χ1n) is 19.8. The van der Waals surface area contributed by atoms with E-state index in [-0.39, 0.29) is 20.4 Å². The number of aromatic nitrogens is 4. The Labute approximate surface area is 359 Å². The van der Waals surface area contributed by atoms with Crippen LogP contribution in [0.3, 0.4) is 0 Å². The van der Waals surface area contributed by atoms with Crippen LogP contribution in [0.1, 0.15) is 0 Å². The third kappa shape index (κ3) is 5.65.